The van der Waals surface area contributed by atoms with Crippen molar-refractivity contribution in [3.05, 3.63) is 5.69 Å². The zero-order chi connectivity index (χ0) is 12.5. The molecule has 1 aromatic heterocycles. The first-order valence-corrected chi connectivity index (χ1v) is 5.91. The molecule has 0 spiro atoms. The summed E-state index contributed by atoms with van der Waals surface area (Å²) < 4.78 is 1.96. The van der Waals surface area contributed by atoms with Crippen LogP contribution in [0.2, 0.25) is 0 Å². The van der Waals surface area contributed by atoms with Crippen LogP contribution in [0.15, 0.2) is 0 Å². The van der Waals surface area contributed by atoms with E-state index in [1.54, 1.807) is 0 Å². The van der Waals surface area contributed by atoms with E-state index in [2.05, 4.69) is 45.0 Å². The van der Waals surface area contributed by atoms with Crippen LogP contribution in [0.1, 0.15) is 52.8 Å². The summed E-state index contributed by atoms with van der Waals surface area (Å²) in [4.78, 5) is 0. The Bertz CT molecular complexity index is 363. The quantitative estimate of drug-likeness (QED) is 0.826. The van der Waals surface area contributed by atoms with Gasteiger partial charge >= 0.3 is 0 Å². The van der Waals surface area contributed by atoms with E-state index in [0.717, 1.165) is 23.6 Å². The highest BCUT2D eigenvalue weighted by atomic mass is 15.4. The number of nitrogens with one attached hydrogen (secondary N) is 1. The maximum absolute atomic E-state index is 6.06. The van der Waals surface area contributed by atoms with Gasteiger partial charge in [-0.25, -0.2) is 4.68 Å². The van der Waals surface area contributed by atoms with Crippen LogP contribution in [0.25, 0.3) is 0 Å². The van der Waals surface area contributed by atoms with Gasteiger partial charge in [0.25, 0.3) is 0 Å². The summed E-state index contributed by atoms with van der Waals surface area (Å²) in [5.41, 5.74) is 7.74. The van der Waals surface area contributed by atoms with Crippen LogP contribution in [0.4, 0.5) is 11.5 Å². The number of nitrogens with two attached hydrogens (primary N) is 1. The molecule has 0 aliphatic rings. The van der Waals surface area contributed by atoms with Crippen LogP contribution in [-0.4, -0.2) is 15.3 Å². The molecule has 0 fully saturated rings. The summed E-state index contributed by atoms with van der Waals surface area (Å²) in [6.07, 6.45) is 1.04. The molecule has 0 saturated heterocycles. The van der Waals surface area contributed by atoms with Crippen LogP contribution in [0, 0.1) is 6.92 Å². The van der Waals surface area contributed by atoms with Crippen molar-refractivity contribution in [1.82, 2.24) is 9.78 Å². The Morgan fingerprint density at radius 2 is 2.00 bits per heavy atom. The molecule has 4 nitrogen and oxygen atoms in total. The number of hydrogen-bond acceptors (Lipinski definition) is 3. The number of aromatic nitrogens is 2. The molecule has 0 aromatic carbocycles. The lowest BCUT2D eigenvalue weighted by Crippen LogP contribution is -2.31. The summed E-state index contributed by atoms with van der Waals surface area (Å²) in [5.74, 6) is 0.944. The number of nitrogen functional groups attached to an aromatic ring is 1. The van der Waals surface area contributed by atoms with Crippen molar-refractivity contribution in [2.45, 2.75) is 59.5 Å². The highest BCUT2D eigenvalue weighted by Gasteiger charge is 2.21. The Labute approximate surface area is 98.2 Å². The monoisotopic (exact) mass is 224 g/mol. The molecule has 1 rings (SSSR count). The summed E-state index contributed by atoms with van der Waals surface area (Å²) >= 11 is 0. The lowest BCUT2D eigenvalue weighted by molar-refractivity contribution is 0.502. The first-order valence-electron chi connectivity index (χ1n) is 5.91. The predicted molar refractivity (Wildman–Crippen MR) is 69.8 cm³/mol. The van der Waals surface area contributed by atoms with Crippen molar-refractivity contribution in [2.75, 3.05) is 11.1 Å². The minimum Gasteiger partial charge on any atom is -0.394 e. The molecule has 0 aliphatic carbocycles. The molecule has 0 bridgehead atoms. The van der Waals surface area contributed by atoms with Gasteiger partial charge in [-0.05, 0) is 41.0 Å². The predicted octanol–water partition coefficient (Wildman–Crippen LogP) is 2.96. The van der Waals surface area contributed by atoms with Crippen LogP contribution in [0.5, 0.6) is 0 Å². The minimum atomic E-state index is 0.0350. The zero-order valence-corrected chi connectivity index (χ0v) is 11.3. The Morgan fingerprint density at radius 3 is 2.44 bits per heavy atom. The SMILES string of the molecule is CCC(C)(C)Nc1c(N)c(C)nn1C(C)C. The van der Waals surface area contributed by atoms with Gasteiger partial charge in [0, 0.05) is 11.6 Å². The molecular formula is C12H24N4. The maximum atomic E-state index is 6.06. The Balaban J connectivity index is 3.11. The smallest absolute Gasteiger partial charge is 0.148 e. The highest BCUT2D eigenvalue weighted by molar-refractivity contribution is 5.65. The summed E-state index contributed by atoms with van der Waals surface area (Å²) in [7, 11) is 0. The molecule has 0 radical (unpaired) electrons. The number of anilines is 2. The number of hydrogen-bond donors (Lipinski definition) is 2. The average molecular weight is 224 g/mol. The van der Waals surface area contributed by atoms with Gasteiger partial charge in [0.15, 0.2) is 0 Å². The molecule has 3 N–H and O–H groups in total. The number of rotatable bonds is 4. The van der Waals surface area contributed by atoms with Gasteiger partial charge in [0.2, 0.25) is 0 Å². The maximum Gasteiger partial charge on any atom is 0.148 e. The lowest BCUT2D eigenvalue weighted by atomic mass is 10.0. The van der Waals surface area contributed by atoms with E-state index in [1.165, 1.54) is 0 Å². The van der Waals surface area contributed by atoms with E-state index in [-0.39, 0.29) is 5.54 Å². The molecule has 0 atom stereocenters. The topological polar surface area (TPSA) is 55.9 Å². The van der Waals surface area contributed by atoms with Crippen LogP contribution < -0.4 is 11.1 Å². The van der Waals surface area contributed by atoms with Crippen LogP contribution in [0.3, 0.4) is 0 Å². The molecule has 1 heterocycles. The standard InChI is InChI=1S/C12H24N4/c1-7-12(5,6)14-11-10(13)9(4)15-16(11)8(2)3/h8,14H,7,13H2,1-6H3. The van der Waals surface area contributed by atoms with Crippen molar-refractivity contribution in [1.29, 1.82) is 0 Å². The molecule has 0 unspecified atom stereocenters. The largest absolute Gasteiger partial charge is 0.394 e. The van der Waals surface area contributed by atoms with Crippen LogP contribution >= 0.6 is 0 Å². The first-order chi connectivity index (χ1) is 7.28. The minimum absolute atomic E-state index is 0.0350. The first kappa shape index (κ1) is 12.9. The van der Waals surface area contributed by atoms with E-state index in [4.69, 9.17) is 5.73 Å². The molecule has 0 amide bonds. The van der Waals surface area contributed by atoms with Crippen molar-refractivity contribution in [3.63, 3.8) is 0 Å². The van der Waals surface area contributed by atoms with Gasteiger partial charge in [-0.2, -0.15) is 5.10 Å². The molecule has 4 heteroatoms. The second kappa shape index (κ2) is 4.36. The summed E-state index contributed by atoms with van der Waals surface area (Å²) in [6, 6.07) is 0.311. The molecule has 1 aromatic rings. The van der Waals surface area contributed by atoms with Gasteiger partial charge in [-0.15, -0.1) is 0 Å². The Morgan fingerprint density at radius 1 is 1.44 bits per heavy atom. The third-order valence-corrected chi connectivity index (χ3v) is 2.96. The van der Waals surface area contributed by atoms with Crippen molar-refractivity contribution < 1.29 is 0 Å². The van der Waals surface area contributed by atoms with Crippen molar-refractivity contribution >= 4 is 11.5 Å². The van der Waals surface area contributed by atoms with Gasteiger partial charge in [-0.1, -0.05) is 6.92 Å². The average Bonchev–Trinajstić information content (AvgIpc) is 2.46. The van der Waals surface area contributed by atoms with Gasteiger partial charge in [0.05, 0.1) is 11.4 Å². The molecular weight excluding hydrogens is 200 g/mol. The third-order valence-electron chi connectivity index (χ3n) is 2.96. The second-order valence-corrected chi connectivity index (χ2v) is 5.25. The van der Waals surface area contributed by atoms with Crippen molar-refractivity contribution in [2.24, 2.45) is 0 Å². The fourth-order valence-corrected chi connectivity index (χ4v) is 1.47. The number of nitrogens with zero attached hydrogens (tertiary/aromatic N) is 2. The highest BCUT2D eigenvalue weighted by Crippen LogP contribution is 2.28. The molecule has 0 saturated carbocycles. The summed E-state index contributed by atoms with van der Waals surface area (Å²) in [5, 5.41) is 7.94. The fourth-order valence-electron chi connectivity index (χ4n) is 1.47. The van der Waals surface area contributed by atoms with E-state index in [0.29, 0.717) is 6.04 Å². The summed E-state index contributed by atoms with van der Waals surface area (Å²) in [6.45, 7) is 12.6. The molecule has 16 heavy (non-hydrogen) atoms. The normalized spacial score (nSPS) is 12.2. The molecule has 0 aliphatic heterocycles. The van der Waals surface area contributed by atoms with Gasteiger partial charge in [-0.3, -0.25) is 0 Å². The van der Waals surface area contributed by atoms with E-state index >= 15 is 0 Å². The van der Waals surface area contributed by atoms with E-state index in [1.807, 2.05) is 11.6 Å². The lowest BCUT2D eigenvalue weighted by Gasteiger charge is -2.27. The Hall–Kier alpha value is -1.19. The third kappa shape index (κ3) is 2.49. The number of aryl methyl sites for hydroxylation is 1. The Kier molecular flexibility index (Phi) is 3.51. The molecule has 92 valence electrons. The second-order valence-electron chi connectivity index (χ2n) is 5.25. The van der Waals surface area contributed by atoms with E-state index in [9.17, 15) is 0 Å². The van der Waals surface area contributed by atoms with Crippen molar-refractivity contribution in [3.8, 4) is 0 Å². The van der Waals surface area contributed by atoms with Gasteiger partial charge in [0.1, 0.15) is 5.82 Å². The zero-order valence-electron chi connectivity index (χ0n) is 11.3. The van der Waals surface area contributed by atoms with E-state index < -0.39 is 0 Å². The fraction of sp³-hybridized carbons (Fsp3) is 0.750. The van der Waals surface area contributed by atoms with Crippen LogP contribution in [-0.2, 0) is 0 Å². The van der Waals surface area contributed by atoms with Gasteiger partial charge < -0.3 is 11.1 Å².